The highest BCUT2D eigenvalue weighted by molar-refractivity contribution is 5.83. The van der Waals surface area contributed by atoms with Gasteiger partial charge in [-0.1, -0.05) is 0 Å². The summed E-state index contributed by atoms with van der Waals surface area (Å²) in [5.41, 5.74) is 0. The minimum atomic E-state index is -1.08. The second-order valence-corrected chi connectivity index (χ2v) is 2.48. The molecule has 6 heteroatoms. The number of nitrogens with one attached hydrogen (secondary N) is 1. The zero-order chi connectivity index (χ0) is 9.84. The molecule has 1 atom stereocenters. The van der Waals surface area contributed by atoms with E-state index in [9.17, 15) is 9.59 Å². The average Bonchev–Trinajstić information content (AvgIpc) is 2.55. The molecule has 0 aliphatic rings. The van der Waals surface area contributed by atoms with Gasteiger partial charge in [-0.2, -0.15) is 0 Å². The Balaban J connectivity index is 2.56. The van der Waals surface area contributed by atoms with Crippen molar-refractivity contribution in [2.45, 2.75) is 13.0 Å². The smallest absolute Gasteiger partial charge is 0.327 e. The molecule has 1 heterocycles. The van der Waals surface area contributed by atoms with Crippen molar-refractivity contribution in [3.63, 3.8) is 0 Å². The van der Waals surface area contributed by atoms with Crippen LogP contribution < -0.4 is 5.32 Å². The van der Waals surface area contributed by atoms with Crippen LogP contribution in [-0.4, -0.2) is 32.7 Å². The van der Waals surface area contributed by atoms with E-state index >= 15 is 0 Å². The molecule has 0 saturated heterocycles. The number of carboxylic acids is 1. The van der Waals surface area contributed by atoms with Gasteiger partial charge in [-0.25, -0.2) is 9.78 Å². The minimum absolute atomic E-state index is 0.507. The monoisotopic (exact) mass is 183 g/mol. The summed E-state index contributed by atoms with van der Waals surface area (Å²) in [7, 11) is 0. The lowest BCUT2D eigenvalue weighted by Crippen LogP contribution is -2.40. The van der Waals surface area contributed by atoms with Gasteiger partial charge in [0.15, 0.2) is 0 Å². The van der Waals surface area contributed by atoms with Crippen molar-refractivity contribution in [2.75, 3.05) is 0 Å². The fourth-order valence-electron chi connectivity index (χ4n) is 0.701. The van der Waals surface area contributed by atoms with Crippen LogP contribution >= 0.6 is 0 Å². The Kier molecular flexibility index (Phi) is 2.63. The summed E-state index contributed by atoms with van der Waals surface area (Å²) in [5, 5.41) is 10.8. The predicted octanol–water partition coefficient (Wildman–Crippen LogP) is -0.0861. The van der Waals surface area contributed by atoms with Crippen molar-refractivity contribution in [1.29, 1.82) is 0 Å². The topological polar surface area (TPSA) is 84.2 Å². The van der Waals surface area contributed by atoms with E-state index < -0.39 is 18.0 Å². The van der Waals surface area contributed by atoms with Crippen molar-refractivity contribution in [3.05, 3.63) is 18.7 Å². The number of hydrogen-bond donors (Lipinski definition) is 2. The van der Waals surface area contributed by atoms with Crippen molar-refractivity contribution >= 4 is 12.0 Å². The average molecular weight is 183 g/mol. The van der Waals surface area contributed by atoms with Crippen molar-refractivity contribution in [2.24, 2.45) is 0 Å². The molecule has 0 fully saturated rings. The molecule has 0 saturated carbocycles. The maximum absolute atomic E-state index is 11.2. The van der Waals surface area contributed by atoms with Gasteiger partial charge in [0, 0.05) is 12.4 Å². The molecule has 0 aliphatic carbocycles. The first-order valence-corrected chi connectivity index (χ1v) is 3.63. The first-order chi connectivity index (χ1) is 6.11. The van der Waals surface area contributed by atoms with Gasteiger partial charge in [0.2, 0.25) is 0 Å². The van der Waals surface area contributed by atoms with Gasteiger partial charge in [-0.05, 0) is 6.92 Å². The van der Waals surface area contributed by atoms with Crippen LogP contribution in [0.4, 0.5) is 4.79 Å². The maximum atomic E-state index is 11.2. The molecule has 70 valence electrons. The molecule has 0 radical (unpaired) electrons. The molecule has 6 nitrogen and oxygen atoms in total. The highest BCUT2D eigenvalue weighted by Crippen LogP contribution is 1.87. The van der Waals surface area contributed by atoms with Gasteiger partial charge in [0.25, 0.3) is 0 Å². The molecule has 0 aromatic carbocycles. The summed E-state index contributed by atoms with van der Waals surface area (Å²) < 4.78 is 1.17. The molecule has 1 rings (SSSR count). The number of carbonyl (C=O) groups is 2. The van der Waals surface area contributed by atoms with Crippen molar-refractivity contribution < 1.29 is 14.7 Å². The number of carboxylic acid groups (broad SMARTS) is 1. The molecule has 2 N–H and O–H groups in total. The largest absolute Gasteiger partial charge is 0.480 e. The van der Waals surface area contributed by atoms with E-state index in [0.29, 0.717) is 0 Å². The molecule has 0 bridgehead atoms. The third kappa shape index (κ3) is 2.29. The van der Waals surface area contributed by atoms with E-state index in [1.165, 1.54) is 30.2 Å². The number of aliphatic carboxylic acids is 1. The number of rotatable bonds is 2. The summed E-state index contributed by atoms with van der Waals surface area (Å²) in [6.07, 6.45) is 4.17. The Morgan fingerprint density at radius 2 is 2.31 bits per heavy atom. The van der Waals surface area contributed by atoms with Gasteiger partial charge in [-0.3, -0.25) is 9.36 Å². The Bertz CT molecular complexity index is 307. The van der Waals surface area contributed by atoms with E-state index in [2.05, 4.69) is 10.3 Å². The zero-order valence-corrected chi connectivity index (χ0v) is 6.97. The highest BCUT2D eigenvalue weighted by atomic mass is 16.4. The van der Waals surface area contributed by atoms with Gasteiger partial charge >= 0.3 is 12.0 Å². The first-order valence-electron chi connectivity index (χ1n) is 3.63. The Morgan fingerprint density at radius 3 is 2.77 bits per heavy atom. The predicted molar refractivity (Wildman–Crippen MR) is 43.3 cm³/mol. The lowest BCUT2D eigenvalue weighted by atomic mass is 10.3. The van der Waals surface area contributed by atoms with Crippen LogP contribution in [0.5, 0.6) is 0 Å². The molecule has 13 heavy (non-hydrogen) atoms. The molecule has 1 aromatic heterocycles. The second kappa shape index (κ2) is 3.70. The quantitative estimate of drug-likeness (QED) is 0.671. The summed E-state index contributed by atoms with van der Waals surface area (Å²) in [6, 6.07) is -1.41. The standard InChI is InChI=1S/C7H9N3O3/c1-5(6(11)12)9-7(13)10-3-2-8-4-10/h2-5H,1H3,(H,9,13)(H,11,12). The Hall–Kier alpha value is -1.85. The fourth-order valence-corrected chi connectivity index (χ4v) is 0.701. The van der Waals surface area contributed by atoms with Gasteiger partial charge in [0.1, 0.15) is 12.4 Å². The van der Waals surface area contributed by atoms with Crippen LogP contribution in [0.25, 0.3) is 0 Å². The van der Waals surface area contributed by atoms with Crippen LogP contribution in [0.2, 0.25) is 0 Å². The van der Waals surface area contributed by atoms with E-state index in [1.54, 1.807) is 0 Å². The fraction of sp³-hybridized carbons (Fsp3) is 0.286. The first kappa shape index (κ1) is 9.24. The summed E-state index contributed by atoms with van der Waals surface area (Å²) in [6.45, 7) is 1.39. The highest BCUT2D eigenvalue weighted by Gasteiger charge is 2.14. The van der Waals surface area contributed by atoms with Gasteiger partial charge in [0.05, 0.1) is 0 Å². The summed E-state index contributed by atoms with van der Waals surface area (Å²) >= 11 is 0. The second-order valence-electron chi connectivity index (χ2n) is 2.48. The number of carbonyl (C=O) groups excluding carboxylic acids is 1. The van der Waals surface area contributed by atoms with E-state index in [0.717, 1.165) is 0 Å². The Morgan fingerprint density at radius 1 is 1.62 bits per heavy atom. The van der Waals surface area contributed by atoms with Gasteiger partial charge < -0.3 is 10.4 Å². The molecule has 0 spiro atoms. The Labute approximate surface area is 74.2 Å². The number of nitrogens with zero attached hydrogens (tertiary/aromatic N) is 2. The van der Waals surface area contributed by atoms with Crippen molar-refractivity contribution in [1.82, 2.24) is 14.9 Å². The third-order valence-corrected chi connectivity index (χ3v) is 1.45. The molecular weight excluding hydrogens is 174 g/mol. The molecular formula is C7H9N3O3. The normalized spacial score (nSPS) is 12.1. The minimum Gasteiger partial charge on any atom is -0.480 e. The van der Waals surface area contributed by atoms with Crippen LogP contribution in [0, 0.1) is 0 Å². The summed E-state index contributed by atoms with van der Waals surface area (Å²) in [4.78, 5) is 25.2. The third-order valence-electron chi connectivity index (χ3n) is 1.45. The molecule has 0 aliphatic heterocycles. The lowest BCUT2D eigenvalue weighted by Gasteiger charge is -2.08. The lowest BCUT2D eigenvalue weighted by molar-refractivity contribution is -0.138. The molecule has 1 amide bonds. The van der Waals surface area contributed by atoms with E-state index in [1.807, 2.05) is 0 Å². The van der Waals surface area contributed by atoms with Crippen molar-refractivity contribution in [3.8, 4) is 0 Å². The molecule has 1 unspecified atom stereocenters. The van der Waals surface area contributed by atoms with Gasteiger partial charge in [-0.15, -0.1) is 0 Å². The number of hydrogen-bond acceptors (Lipinski definition) is 3. The van der Waals surface area contributed by atoms with Crippen LogP contribution in [0.1, 0.15) is 6.92 Å². The number of imidazole rings is 1. The van der Waals surface area contributed by atoms with Crippen LogP contribution in [0.3, 0.4) is 0 Å². The molecule has 1 aromatic rings. The van der Waals surface area contributed by atoms with Crippen LogP contribution in [0.15, 0.2) is 18.7 Å². The SMILES string of the molecule is CC(NC(=O)n1ccnc1)C(=O)O. The maximum Gasteiger partial charge on any atom is 0.327 e. The number of amides is 1. The van der Waals surface area contributed by atoms with E-state index in [4.69, 9.17) is 5.11 Å². The van der Waals surface area contributed by atoms with E-state index in [-0.39, 0.29) is 0 Å². The zero-order valence-electron chi connectivity index (χ0n) is 6.97. The van der Waals surface area contributed by atoms with Crippen LogP contribution in [-0.2, 0) is 4.79 Å². The summed E-state index contributed by atoms with van der Waals surface area (Å²) in [5.74, 6) is -1.08. The number of aromatic nitrogens is 2.